The van der Waals surface area contributed by atoms with Crippen molar-refractivity contribution in [1.82, 2.24) is 20.2 Å². The molecule has 1 N–H and O–H groups in total. The van der Waals surface area contributed by atoms with Crippen LogP contribution in [0.4, 0.5) is 17.5 Å². The third kappa shape index (κ3) is 4.51. The van der Waals surface area contributed by atoms with Gasteiger partial charge in [0.15, 0.2) is 5.82 Å². The SMILES string of the molecule is O=C(Nc1cc(N2CCCC2)ncn1)C1CCCN(c2ccc(-c3cccs3)nn2)C1. The number of carbonyl (C=O) groups is 1. The quantitative estimate of drug-likeness (QED) is 0.657. The predicted molar refractivity (Wildman–Crippen MR) is 122 cm³/mol. The minimum absolute atomic E-state index is 0.000984. The van der Waals surface area contributed by atoms with E-state index in [-0.39, 0.29) is 11.8 Å². The van der Waals surface area contributed by atoms with Crippen LogP contribution >= 0.6 is 11.3 Å². The van der Waals surface area contributed by atoms with Gasteiger partial charge in [-0.15, -0.1) is 21.5 Å². The summed E-state index contributed by atoms with van der Waals surface area (Å²) in [4.78, 5) is 27.0. The number of hydrogen-bond donors (Lipinski definition) is 1. The normalized spacial score (nSPS) is 18.9. The summed E-state index contributed by atoms with van der Waals surface area (Å²) < 4.78 is 0. The number of nitrogens with one attached hydrogen (secondary N) is 1. The molecule has 2 aliphatic rings. The van der Waals surface area contributed by atoms with Crippen LogP contribution in [-0.2, 0) is 4.79 Å². The molecule has 8 nitrogen and oxygen atoms in total. The maximum atomic E-state index is 12.9. The minimum atomic E-state index is -0.113. The van der Waals surface area contributed by atoms with E-state index in [4.69, 9.17) is 0 Å². The fraction of sp³-hybridized carbons (Fsp3) is 0.409. The Morgan fingerprint density at radius 1 is 1.00 bits per heavy atom. The Balaban J connectivity index is 1.23. The lowest BCUT2D eigenvalue weighted by Gasteiger charge is -2.32. The summed E-state index contributed by atoms with van der Waals surface area (Å²) in [5, 5.41) is 13.8. The fourth-order valence-electron chi connectivity index (χ4n) is 4.21. The lowest BCUT2D eigenvalue weighted by molar-refractivity contribution is -0.120. The second kappa shape index (κ2) is 8.97. The average Bonchev–Trinajstić information content (AvgIpc) is 3.54. The van der Waals surface area contributed by atoms with Gasteiger partial charge in [0.25, 0.3) is 0 Å². The molecule has 3 aromatic heterocycles. The zero-order valence-electron chi connectivity index (χ0n) is 17.3. The van der Waals surface area contributed by atoms with Crippen LogP contribution in [0.15, 0.2) is 42.0 Å². The minimum Gasteiger partial charge on any atom is -0.356 e. The monoisotopic (exact) mass is 435 g/mol. The molecule has 2 saturated heterocycles. The number of rotatable bonds is 5. The van der Waals surface area contributed by atoms with Crippen molar-refractivity contribution in [1.29, 1.82) is 0 Å². The maximum Gasteiger partial charge on any atom is 0.230 e. The highest BCUT2D eigenvalue weighted by molar-refractivity contribution is 7.13. The van der Waals surface area contributed by atoms with E-state index in [1.165, 1.54) is 19.2 Å². The summed E-state index contributed by atoms with van der Waals surface area (Å²) in [6.07, 6.45) is 5.69. The highest BCUT2D eigenvalue weighted by Crippen LogP contribution is 2.26. The molecule has 0 radical (unpaired) electrons. The Morgan fingerprint density at radius 3 is 2.65 bits per heavy atom. The first kappa shape index (κ1) is 19.9. The molecule has 160 valence electrons. The van der Waals surface area contributed by atoms with E-state index >= 15 is 0 Å². The molecule has 2 aliphatic heterocycles. The lowest BCUT2D eigenvalue weighted by Crippen LogP contribution is -2.41. The molecule has 0 bridgehead atoms. The number of amides is 1. The first-order chi connectivity index (χ1) is 15.3. The van der Waals surface area contributed by atoms with Crippen LogP contribution in [0.1, 0.15) is 25.7 Å². The van der Waals surface area contributed by atoms with Crippen molar-refractivity contribution in [3.63, 3.8) is 0 Å². The Labute approximate surface area is 185 Å². The summed E-state index contributed by atoms with van der Waals surface area (Å²) in [7, 11) is 0. The van der Waals surface area contributed by atoms with Gasteiger partial charge in [-0.05, 0) is 49.3 Å². The zero-order chi connectivity index (χ0) is 21.0. The van der Waals surface area contributed by atoms with Gasteiger partial charge in [-0.2, -0.15) is 0 Å². The van der Waals surface area contributed by atoms with Crippen molar-refractivity contribution in [3.05, 3.63) is 42.0 Å². The molecule has 31 heavy (non-hydrogen) atoms. The van der Waals surface area contributed by atoms with Gasteiger partial charge in [0, 0.05) is 32.2 Å². The van der Waals surface area contributed by atoms with Gasteiger partial charge >= 0.3 is 0 Å². The van der Waals surface area contributed by atoms with E-state index in [1.807, 2.05) is 35.7 Å². The van der Waals surface area contributed by atoms with Crippen molar-refractivity contribution in [2.75, 3.05) is 41.3 Å². The first-order valence-electron chi connectivity index (χ1n) is 10.8. The van der Waals surface area contributed by atoms with Gasteiger partial charge in [0.2, 0.25) is 5.91 Å². The van der Waals surface area contributed by atoms with Crippen LogP contribution in [0.3, 0.4) is 0 Å². The van der Waals surface area contributed by atoms with E-state index in [2.05, 4.69) is 35.3 Å². The third-order valence-corrected chi connectivity index (χ3v) is 6.77. The topological polar surface area (TPSA) is 87.1 Å². The third-order valence-electron chi connectivity index (χ3n) is 5.87. The number of carbonyl (C=O) groups excluding carboxylic acids is 1. The van der Waals surface area contributed by atoms with E-state index < -0.39 is 0 Å². The molecule has 5 rings (SSSR count). The molecule has 0 aliphatic carbocycles. The molecule has 1 unspecified atom stereocenters. The molecule has 1 atom stereocenters. The molecule has 1 amide bonds. The molecule has 5 heterocycles. The van der Waals surface area contributed by atoms with Crippen LogP contribution in [-0.4, -0.2) is 52.3 Å². The van der Waals surface area contributed by atoms with E-state index in [9.17, 15) is 4.79 Å². The van der Waals surface area contributed by atoms with Crippen molar-refractivity contribution in [2.45, 2.75) is 25.7 Å². The average molecular weight is 436 g/mol. The van der Waals surface area contributed by atoms with Gasteiger partial charge in [-0.1, -0.05) is 6.07 Å². The molecule has 2 fully saturated rings. The lowest BCUT2D eigenvalue weighted by atomic mass is 9.97. The largest absolute Gasteiger partial charge is 0.356 e. The molecule has 9 heteroatoms. The molecule has 0 saturated carbocycles. The highest BCUT2D eigenvalue weighted by atomic mass is 32.1. The van der Waals surface area contributed by atoms with E-state index in [0.717, 1.165) is 54.7 Å². The standard InChI is InChI=1S/C22H25N7OS/c30-22(25-19-13-21(24-15-23-19)28-9-1-2-10-28)16-5-3-11-29(14-16)20-8-7-17(26-27-20)18-6-4-12-31-18/h4,6-8,12-13,15-16H,1-3,5,9-11,14H2,(H,23,24,25,30). The van der Waals surface area contributed by atoms with Gasteiger partial charge in [-0.3, -0.25) is 4.79 Å². The molecule has 3 aromatic rings. The van der Waals surface area contributed by atoms with Crippen molar-refractivity contribution < 1.29 is 4.79 Å². The number of hydrogen-bond acceptors (Lipinski definition) is 8. The Hall–Kier alpha value is -3.07. The number of nitrogens with zero attached hydrogens (tertiary/aromatic N) is 6. The second-order valence-corrected chi connectivity index (χ2v) is 8.93. The van der Waals surface area contributed by atoms with Gasteiger partial charge in [-0.25, -0.2) is 9.97 Å². The summed E-state index contributed by atoms with van der Waals surface area (Å²) in [6.45, 7) is 3.52. The summed E-state index contributed by atoms with van der Waals surface area (Å²) in [6, 6.07) is 9.92. The Morgan fingerprint density at radius 2 is 1.87 bits per heavy atom. The van der Waals surface area contributed by atoms with Crippen LogP contribution in [0.25, 0.3) is 10.6 Å². The molecular weight excluding hydrogens is 410 g/mol. The van der Waals surface area contributed by atoms with Gasteiger partial charge in [0.05, 0.1) is 10.8 Å². The molecule has 0 spiro atoms. The number of aromatic nitrogens is 4. The van der Waals surface area contributed by atoms with Crippen LogP contribution < -0.4 is 15.1 Å². The van der Waals surface area contributed by atoms with Crippen molar-refractivity contribution in [3.8, 4) is 10.6 Å². The van der Waals surface area contributed by atoms with Crippen LogP contribution in [0, 0.1) is 5.92 Å². The van der Waals surface area contributed by atoms with E-state index in [0.29, 0.717) is 12.4 Å². The number of anilines is 3. The fourth-order valence-corrected chi connectivity index (χ4v) is 4.90. The second-order valence-electron chi connectivity index (χ2n) is 7.98. The number of thiophene rings is 1. The maximum absolute atomic E-state index is 12.9. The Kier molecular flexibility index (Phi) is 5.75. The highest BCUT2D eigenvalue weighted by Gasteiger charge is 2.27. The molecular formula is C22H25N7OS. The Bertz CT molecular complexity index is 1020. The van der Waals surface area contributed by atoms with Gasteiger partial charge in [0.1, 0.15) is 23.7 Å². The number of piperidine rings is 1. The smallest absolute Gasteiger partial charge is 0.230 e. The zero-order valence-corrected chi connectivity index (χ0v) is 18.1. The summed E-state index contributed by atoms with van der Waals surface area (Å²) in [5.74, 6) is 2.15. The summed E-state index contributed by atoms with van der Waals surface area (Å²) in [5.41, 5.74) is 0.877. The van der Waals surface area contributed by atoms with Crippen LogP contribution in [0.2, 0.25) is 0 Å². The van der Waals surface area contributed by atoms with Crippen molar-refractivity contribution in [2.24, 2.45) is 5.92 Å². The van der Waals surface area contributed by atoms with Crippen LogP contribution in [0.5, 0.6) is 0 Å². The van der Waals surface area contributed by atoms with E-state index in [1.54, 1.807) is 11.3 Å². The van der Waals surface area contributed by atoms with Crippen molar-refractivity contribution >= 4 is 34.7 Å². The molecule has 0 aromatic carbocycles. The summed E-state index contributed by atoms with van der Waals surface area (Å²) >= 11 is 1.65. The predicted octanol–water partition coefficient (Wildman–Crippen LogP) is 3.45. The first-order valence-corrected chi connectivity index (χ1v) is 11.6. The van der Waals surface area contributed by atoms with Gasteiger partial charge < -0.3 is 15.1 Å².